The van der Waals surface area contributed by atoms with Gasteiger partial charge in [-0.05, 0) is 88.0 Å². The maximum Gasteiger partial charge on any atom is 0.407 e. The number of thioether (sulfide) groups is 1. The topological polar surface area (TPSA) is 166 Å². The van der Waals surface area contributed by atoms with Crippen LogP contribution in [-0.4, -0.2) is 81.3 Å². The molecule has 4 heterocycles. The van der Waals surface area contributed by atoms with E-state index in [-0.39, 0.29) is 30.1 Å². The quantitative estimate of drug-likeness (QED) is 0.323. The van der Waals surface area contributed by atoms with Gasteiger partial charge in [0.2, 0.25) is 0 Å². The molecular formula is C28H39N7O5S. The van der Waals surface area contributed by atoms with E-state index in [1.54, 1.807) is 24.9 Å². The number of aromatic nitrogens is 5. The second-order valence-electron chi connectivity index (χ2n) is 11.6. The monoisotopic (exact) mass is 585 g/mol. The number of nitrogens with zero attached hydrogens (tertiary/aromatic N) is 6. The predicted molar refractivity (Wildman–Crippen MR) is 158 cm³/mol. The maximum absolute atomic E-state index is 12.4. The third-order valence-corrected chi connectivity index (χ3v) is 8.06. The van der Waals surface area contributed by atoms with Gasteiger partial charge in [-0.25, -0.2) is 19.4 Å². The highest BCUT2D eigenvalue weighted by molar-refractivity contribution is 7.99. The summed E-state index contributed by atoms with van der Waals surface area (Å²) in [6.45, 7) is 11.7. The fourth-order valence-electron chi connectivity index (χ4n) is 5.25. The van der Waals surface area contributed by atoms with E-state index in [1.165, 1.54) is 0 Å². The minimum atomic E-state index is -1.23. The van der Waals surface area contributed by atoms with Crippen LogP contribution in [0.2, 0.25) is 0 Å². The zero-order chi connectivity index (χ0) is 29.9. The van der Waals surface area contributed by atoms with E-state index in [9.17, 15) is 15.0 Å². The molecule has 3 aromatic rings. The van der Waals surface area contributed by atoms with Crippen molar-refractivity contribution in [1.82, 2.24) is 29.7 Å². The van der Waals surface area contributed by atoms with Gasteiger partial charge in [0.05, 0.1) is 12.8 Å². The number of carbonyl (C=O) groups is 1. The van der Waals surface area contributed by atoms with E-state index in [4.69, 9.17) is 20.1 Å². The first kappa shape index (κ1) is 30.5. The maximum atomic E-state index is 12.4. The van der Waals surface area contributed by atoms with Gasteiger partial charge in [-0.2, -0.15) is 11.8 Å². The van der Waals surface area contributed by atoms with Crippen molar-refractivity contribution >= 4 is 34.7 Å². The van der Waals surface area contributed by atoms with Gasteiger partial charge in [-0.15, -0.1) is 0 Å². The first-order valence-electron chi connectivity index (χ1n) is 13.8. The number of carboxylic acid groups (broad SMARTS) is 1. The minimum Gasteiger partial charge on any atom is -0.490 e. The van der Waals surface area contributed by atoms with Crippen LogP contribution in [-0.2, 0) is 6.54 Å². The number of rotatable bonds is 8. The van der Waals surface area contributed by atoms with Gasteiger partial charge in [0, 0.05) is 24.5 Å². The van der Waals surface area contributed by atoms with E-state index in [0.29, 0.717) is 41.3 Å². The van der Waals surface area contributed by atoms with Crippen LogP contribution in [0.25, 0.3) is 22.6 Å². The van der Waals surface area contributed by atoms with Crippen molar-refractivity contribution in [3.63, 3.8) is 0 Å². The van der Waals surface area contributed by atoms with Gasteiger partial charge in [0.25, 0.3) is 0 Å². The van der Waals surface area contributed by atoms with Crippen LogP contribution >= 0.6 is 11.8 Å². The highest BCUT2D eigenvalue weighted by Crippen LogP contribution is 2.35. The molecule has 1 amide bonds. The normalized spacial score (nSPS) is 15.4. The largest absolute Gasteiger partial charge is 0.490 e. The molecule has 0 aliphatic carbocycles. The molecule has 0 aromatic carbocycles. The van der Waals surface area contributed by atoms with Crippen LogP contribution in [0.3, 0.4) is 0 Å². The van der Waals surface area contributed by atoms with Crippen molar-refractivity contribution in [2.75, 3.05) is 23.8 Å². The van der Waals surface area contributed by atoms with E-state index in [0.717, 1.165) is 24.3 Å². The van der Waals surface area contributed by atoms with Crippen LogP contribution in [0.4, 0.5) is 10.6 Å². The van der Waals surface area contributed by atoms with E-state index < -0.39 is 17.2 Å². The number of hydrogen-bond donors (Lipinski definition) is 3. The Morgan fingerprint density at radius 3 is 2.56 bits per heavy atom. The number of anilines is 1. The van der Waals surface area contributed by atoms with Gasteiger partial charge in [-0.1, -0.05) is 5.92 Å². The number of aliphatic hydroxyl groups is 1. The lowest BCUT2D eigenvalue weighted by atomic mass is 9.87. The van der Waals surface area contributed by atoms with Crippen molar-refractivity contribution in [1.29, 1.82) is 0 Å². The zero-order valence-electron chi connectivity index (χ0n) is 24.5. The van der Waals surface area contributed by atoms with Crippen LogP contribution in [0.1, 0.15) is 66.5 Å². The molecule has 4 N–H and O–H groups in total. The standard InChI is InChI=1S/C28H39N7O5S/c1-7-34-23-20(39-13-9-19(17-10-14-41-15-11-17)35(26(36)37)27(2,3)4)16-30-18(8-12-28(5,6)38)21(23)31-25(34)22-24(29)33-40-32-22/h16-17,19,38H,7,9-11,13-15H2,1-6H3,(H2,29,33)(H,36,37). The molecule has 1 saturated heterocycles. The Bertz CT molecular complexity index is 1440. The third kappa shape index (κ3) is 6.87. The Morgan fingerprint density at radius 2 is 2.00 bits per heavy atom. The fraction of sp³-hybridized carbons (Fsp3) is 0.607. The summed E-state index contributed by atoms with van der Waals surface area (Å²) in [7, 11) is 0. The molecule has 12 nitrogen and oxygen atoms in total. The van der Waals surface area contributed by atoms with Crippen LogP contribution in [0.15, 0.2) is 10.8 Å². The van der Waals surface area contributed by atoms with Crippen LogP contribution in [0, 0.1) is 17.8 Å². The Kier molecular flexibility index (Phi) is 9.03. The van der Waals surface area contributed by atoms with Crippen LogP contribution < -0.4 is 10.5 Å². The summed E-state index contributed by atoms with van der Waals surface area (Å²) < 4.78 is 13.1. The summed E-state index contributed by atoms with van der Waals surface area (Å²) in [6.07, 6.45) is 3.12. The highest BCUT2D eigenvalue weighted by atomic mass is 32.2. The van der Waals surface area contributed by atoms with Crippen molar-refractivity contribution in [2.24, 2.45) is 5.92 Å². The summed E-state index contributed by atoms with van der Waals surface area (Å²) in [6, 6.07) is -0.193. The van der Waals surface area contributed by atoms with Gasteiger partial charge in [-0.3, -0.25) is 0 Å². The SMILES string of the molecule is CCn1c(-c2nonc2N)nc2c(C#CC(C)(C)O)ncc(OCCC(C3CCSCC3)N(C(=O)O)C(C)(C)C)c21. The number of hydrogen-bond acceptors (Lipinski definition) is 10. The van der Waals surface area contributed by atoms with Crippen molar-refractivity contribution < 1.29 is 24.4 Å². The van der Waals surface area contributed by atoms with Crippen molar-refractivity contribution in [3.8, 4) is 29.1 Å². The smallest absolute Gasteiger partial charge is 0.407 e. The number of imidazole rings is 1. The van der Waals surface area contributed by atoms with Gasteiger partial charge < -0.3 is 30.2 Å². The number of fused-ring (bicyclic) bond motifs is 1. The lowest BCUT2D eigenvalue weighted by molar-refractivity contribution is 0.0371. The van der Waals surface area contributed by atoms with Gasteiger partial charge >= 0.3 is 6.09 Å². The average Bonchev–Trinajstić information content (AvgIpc) is 3.49. The summed E-state index contributed by atoms with van der Waals surface area (Å²) in [5, 5.41) is 28.0. The second kappa shape index (κ2) is 12.2. The minimum absolute atomic E-state index is 0.0963. The van der Waals surface area contributed by atoms with E-state index >= 15 is 0 Å². The number of nitrogens with two attached hydrogens (primary N) is 1. The zero-order valence-corrected chi connectivity index (χ0v) is 25.3. The highest BCUT2D eigenvalue weighted by Gasteiger charge is 2.38. The lowest BCUT2D eigenvalue weighted by Crippen LogP contribution is -2.54. The molecule has 0 spiro atoms. The predicted octanol–water partition coefficient (Wildman–Crippen LogP) is 4.27. The summed E-state index contributed by atoms with van der Waals surface area (Å²) in [4.78, 5) is 23.3. The second-order valence-corrected chi connectivity index (χ2v) is 12.9. The molecule has 1 fully saturated rings. The molecule has 222 valence electrons. The van der Waals surface area contributed by atoms with Crippen molar-refractivity contribution in [2.45, 2.75) is 84.5 Å². The molecule has 3 aromatic heterocycles. The molecule has 1 unspecified atom stereocenters. The van der Waals surface area contributed by atoms with Gasteiger partial charge in [0.15, 0.2) is 23.1 Å². The number of aryl methyl sites for hydroxylation is 1. The summed E-state index contributed by atoms with van der Waals surface area (Å²) >= 11 is 1.91. The third-order valence-electron chi connectivity index (χ3n) is 7.01. The first-order valence-corrected chi connectivity index (χ1v) is 14.9. The Hall–Kier alpha value is -3.50. The molecule has 1 aliphatic rings. The Labute approximate surface area is 244 Å². The van der Waals surface area contributed by atoms with Gasteiger partial charge in [0.1, 0.15) is 22.3 Å². The lowest BCUT2D eigenvalue weighted by Gasteiger charge is -2.44. The van der Waals surface area contributed by atoms with E-state index in [1.807, 2.05) is 44.0 Å². The number of pyridine rings is 1. The van der Waals surface area contributed by atoms with E-state index in [2.05, 4.69) is 27.1 Å². The molecule has 4 rings (SSSR count). The number of amides is 1. The fourth-order valence-corrected chi connectivity index (χ4v) is 6.40. The van der Waals surface area contributed by atoms with Crippen molar-refractivity contribution in [3.05, 3.63) is 11.9 Å². The van der Waals surface area contributed by atoms with Crippen LogP contribution in [0.5, 0.6) is 5.75 Å². The first-order chi connectivity index (χ1) is 19.3. The summed E-state index contributed by atoms with van der Waals surface area (Å²) in [5.41, 5.74) is 5.96. The molecular weight excluding hydrogens is 546 g/mol. The molecule has 1 atom stereocenters. The average molecular weight is 586 g/mol. The molecule has 13 heteroatoms. The number of ether oxygens (including phenoxy) is 1. The molecule has 0 saturated carbocycles. The molecule has 1 aliphatic heterocycles. The molecule has 41 heavy (non-hydrogen) atoms. The summed E-state index contributed by atoms with van der Waals surface area (Å²) in [5.74, 6) is 9.02. The number of nitrogen functional groups attached to an aromatic ring is 1. The Morgan fingerprint density at radius 1 is 1.29 bits per heavy atom. The molecule has 0 radical (unpaired) electrons. The molecule has 0 bridgehead atoms. The Balaban J connectivity index is 1.73.